The van der Waals surface area contributed by atoms with Gasteiger partial charge in [-0.1, -0.05) is 0 Å². The summed E-state index contributed by atoms with van der Waals surface area (Å²) >= 11 is 0. The van der Waals surface area contributed by atoms with Crippen molar-refractivity contribution in [2.45, 2.75) is 37.8 Å². The van der Waals surface area contributed by atoms with Crippen molar-refractivity contribution >= 4 is 17.9 Å². The minimum absolute atomic E-state index is 0.0129. The summed E-state index contributed by atoms with van der Waals surface area (Å²) in [5.74, 6) is -1.71. The lowest BCUT2D eigenvalue weighted by Crippen LogP contribution is -2.30. The number of nitrogens with two attached hydrogens (primary N) is 3. The summed E-state index contributed by atoms with van der Waals surface area (Å²) in [6.45, 7) is 1.28. The van der Waals surface area contributed by atoms with Crippen molar-refractivity contribution in [2.75, 3.05) is 13.1 Å². The lowest BCUT2D eigenvalue weighted by Gasteiger charge is -2.03. The highest BCUT2D eigenvalue weighted by Gasteiger charge is 2.20. The molecule has 0 saturated carbocycles. The number of carbonyl (C=O) groups is 2. The minimum Gasteiger partial charge on any atom is -0.480 e. The van der Waals surface area contributed by atoms with E-state index in [1.54, 1.807) is 0 Å². The standard InChI is InChI=1S/C6H14N4O2.C5H9NO2/c7-4(5(11)12)2-1-3-10-6(8)9;7-5(8)4-2-1-3-6-4/h4H,1-3,7H2,(H,11,12)(H4,8,9,10);4,6H,1-3H2,(H,7,8)/t2*4-/m01/s1. The molecule has 0 radical (unpaired) electrons. The van der Waals surface area contributed by atoms with Crippen LogP contribution >= 0.6 is 0 Å². The van der Waals surface area contributed by atoms with Crippen LogP contribution in [0.1, 0.15) is 25.7 Å². The van der Waals surface area contributed by atoms with Gasteiger partial charge in [-0.2, -0.15) is 0 Å². The van der Waals surface area contributed by atoms with Crippen molar-refractivity contribution in [1.82, 2.24) is 5.32 Å². The fraction of sp³-hybridized carbons (Fsp3) is 0.727. The summed E-state index contributed by atoms with van der Waals surface area (Å²) in [4.78, 5) is 24.0. The molecule has 0 aromatic carbocycles. The Morgan fingerprint density at radius 2 is 2.00 bits per heavy atom. The van der Waals surface area contributed by atoms with Gasteiger partial charge in [-0.25, -0.2) is 0 Å². The molecule has 9 N–H and O–H groups in total. The van der Waals surface area contributed by atoms with Gasteiger partial charge in [0.1, 0.15) is 12.1 Å². The number of carboxylic acids is 2. The Kier molecular flexibility index (Phi) is 9.05. The van der Waals surface area contributed by atoms with E-state index in [1.165, 1.54) is 0 Å². The van der Waals surface area contributed by atoms with Crippen LogP contribution in [0.5, 0.6) is 0 Å². The summed E-state index contributed by atoms with van der Waals surface area (Å²) in [6.07, 6.45) is 2.74. The molecule has 1 aliphatic heterocycles. The lowest BCUT2D eigenvalue weighted by molar-refractivity contribution is -0.139. The number of aliphatic carboxylic acids is 2. The lowest BCUT2D eigenvalue weighted by atomic mass is 10.2. The van der Waals surface area contributed by atoms with E-state index in [4.69, 9.17) is 27.4 Å². The van der Waals surface area contributed by atoms with Gasteiger partial charge in [-0.05, 0) is 32.2 Å². The van der Waals surface area contributed by atoms with Gasteiger partial charge in [0.2, 0.25) is 0 Å². The number of nitrogens with one attached hydrogen (secondary N) is 1. The van der Waals surface area contributed by atoms with E-state index in [9.17, 15) is 9.59 Å². The number of hydrogen-bond donors (Lipinski definition) is 6. The highest BCUT2D eigenvalue weighted by atomic mass is 16.4. The van der Waals surface area contributed by atoms with E-state index < -0.39 is 18.0 Å². The van der Waals surface area contributed by atoms with Crippen LogP contribution in [-0.4, -0.2) is 53.3 Å². The highest BCUT2D eigenvalue weighted by molar-refractivity contribution is 5.75. The fourth-order valence-corrected chi connectivity index (χ4v) is 1.54. The Bertz CT molecular complexity index is 338. The van der Waals surface area contributed by atoms with E-state index in [2.05, 4.69) is 10.3 Å². The van der Waals surface area contributed by atoms with Crippen molar-refractivity contribution in [3.8, 4) is 0 Å². The normalized spacial score (nSPS) is 18.6. The Morgan fingerprint density at radius 3 is 2.35 bits per heavy atom. The van der Waals surface area contributed by atoms with Crippen molar-refractivity contribution in [1.29, 1.82) is 0 Å². The highest BCUT2D eigenvalue weighted by Crippen LogP contribution is 2.03. The van der Waals surface area contributed by atoms with Gasteiger partial charge in [0.05, 0.1) is 0 Å². The molecule has 0 aliphatic carbocycles. The summed E-state index contributed by atoms with van der Waals surface area (Å²) in [7, 11) is 0. The number of carboxylic acid groups (broad SMARTS) is 2. The van der Waals surface area contributed by atoms with Crippen molar-refractivity contribution in [3.63, 3.8) is 0 Å². The molecule has 0 unspecified atom stereocenters. The van der Waals surface area contributed by atoms with Gasteiger partial charge in [0.25, 0.3) is 0 Å². The minimum atomic E-state index is -1.00. The monoisotopic (exact) mass is 289 g/mol. The summed E-state index contributed by atoms with van der Waals surface area (Å²) < 4.78 is 0. The van der Waals surface area contributed by atoms with Crippen LogP contribution in [0.3, 0.4) is 0 Å². The molecular weight excluding hydrogens is 266 g/mol. The average molecular weight is 289 g/mol. The largest absolute Gasteiger partial charge is 0.480 e. The van der Waals surface area contributed by atoms with E-state index in [0.29, 0.717) is 19.4 Å². The second-order valence-electron chi connectivity index (χ2n) is 4.38. The molecule has 9 heteroatoms. The number of rotatable bonds is 6. The smallest absolute Gasteiger partial charge is 0.320 e. The summed E-state index contributed by atoms with van der Waals surface area (Å²) in [5, 5.41) is 19.6. The Balaban J connectivity index is 0.000000388. The number of nitrogens with zero attached hydrogens (tertiary/aromatic N) is 1. The first kappa shape index (κ1) is 18.1. The van der Waals surface area contributed by atoms with Crippen LogP contribution < -0.4 is 22.5 Å². The first-order valence-electron chi connectivity index (χ1n) is 6.34. The molecule has 1 rings (SSSR count). The molecule has 0 spiro atoms. The van der Waals surface area contributed by atoms with Crippen molar-refractivity contribution < 1.29 is 19.8 Å². The SMILES string of the molecule is NC(N)=NCCC[C@H](N)C(=O)O.O=C(O)[C@H]1CCCN1. The molecule has 116 valence electrons. The van der Waals surface area contributed by atoms with Crippen LogP contribution in [0, 0.1) is 0 Å². The molecule has 1 heterocycles. The number of aliphatic imine (C=N–C) groups is 1. The zero-order chi connectivity index (χ0) is 15.5. The topological polar surface area (TPSA) is 177 Å². The maximum atomic E-state index is 10.2. The van der Waals surface area contributed by atoms with Gasteiger partial charge in [-0.3, -0.25) is 14.6 Å². The molecule has 1 fully saturated rings. The molecule has 0 aromatic rings. The second kappa shape index (κ2) is 9.98. The third-order valence-electron chi connectivity index (χ3n) is 2.64. The molecule has 0 bridgehead atoms. The van der Waals surface area contributed by atoms with E-state index in [0.717, 1.165) is 19.4 Å². The van der Waals surface area contributed by atoms with Gasteiger partial charge in [-0.15, -0.1) is 0 Å². The van der Waals surface area contributed by atoms with Gasteiger partial charge in [0, 0.05) is 6.54 Å². The molecule has 0 amide bonds. The van der Waals surface area contributed by atoms with Crippen LogP contribution in [0.25, 0.3) is 0 Å². The van der Waals surface area contributed by atoms with Crippen molar-refractivity contribution in [3.05, 3.63) is 0 Å². The molecule has 2 atom stereocenters. The quantitative estimate of drug-likeness (QED) is 0.190. The molecule has 20 heavy (non-hydrogen) atoms. The van der Waals surface area contributed by atoms with E-state index in [1.807, 2.05) is 0 Å². The second-order valence-corrected chi connectivity index (χ2v) is 4.38. The third kappa shape index (κ3) is 9.11. The summed E-state index contributed by atoms with van der Waals surface area (Å²) in [5.41, 5.74) is 15.3. The van der Waals surface area contributed by atoms with Crippen LogP contribution in [0.15, 0.2) is 4.99 Å². The van der Waals surface area contributed by atoms with Crippen LogP contribution in [-0.2, 0) is 9.59 Å². The third-order valence-corrected chi connectivity index (χ3v) is 2.64. The summed E-state index contributed by atoms with van der Waals surface area (Å²) in [6, 6.07) is -1.09. The first-order chi connectivity index (χ1) is 9.34. The van der Waals surface area contributed by atoms with Gasteiger partial charge in [0.15, 0.2) is 5.96 Å². The maximum Gasteiger partial charge on any atom is 0.320 e. The predicted octanol–water partition coefficient (Wildman–Crippen LogP) is -1.73. The Labute approximate surface area is 117 Å². The maximum absolute atomic E-state index is 10.2. The molecule has 0 aromatic heterocycles. The predicted molar refractivity (Wildman–Crippen MR) is 74.2 cm³/mol. The van der Waals surface area contributed by atoms with Gasteiger partial charge >= 0.3 is 11.9 Å². The van der Waals surface area contributed by atoms with Crippen LogP contribution in [0.4, 0.5) is 0 Å². The number of hydrogen-bond acceptors (Lipinski definition) is 5. The van der Waals surface area contributed by atoms with E-state index in [-0.39, 0.29) is 12.0 Å². The zero-order valence-electron chi connectivity index (χ0n) is 11.3. The fourth-order valence-electron chi connectivity index (χ4n) is 1.54. The molecule has 9 nitrogen and oxygen atoms in total. The van der Waals surface area contributed by atoms with Crippen molar-refractivity contribution in [2.24, 2.45) is 22.2 Å². The van der Waals surface area contributed by atoms with Gasteiger partial charge < -0.3 is 32.7 Å². The van der Waals surface area contributed by atoms with Crippen LogP contribution in [0.2, 0.25) is 0 Å². The Morgan fingerprint density at radius 1 is 1.35 bits per heavy atom. The zero-order valence-corrected chi connectivity index (χ0v) is 11.3. The molecule has 1 saturated heterocycles. The first-order valence-corrected chi connectivity index (χ1v) is 6.34. The van der Waals surface area contributed by atoms with E-state index >= 15 is 0 Å². The molecule has 1 aliphatic rings. The molecular formula is C11H23N5O4. The Hall–Kier alpha value is -1.87. The average Bonchev–Trinajstić information content (AvgIpc) is 2.88. The number of guanidine groups is 1.